The van der Waals surface area contributed by atoms with Gasteiger partial charge in [0.2, 0.25) is 5.91 Å². The molecular formula is C11H22N2O. The van der Waals surface area contributed by atoms with E-state index in [1.807, 2.05) is 26.0 Å². The van der Waals surface area contributed by atoms with E-state index < -0.39 is 5.54 Å². The highest BCUT2D eigenvalue weighted by molar-refractivity contribution is 5.85. The summed E-state index contributed by atoms with van der Waals surface area (Å²) in [5.74, 6) is -0.0520. The Bertz CT molecular complexity index is 197. The average Bonchev–Trinajstić information content (AvgIpc) is 2.12. The van der Waals surface area contributed by atoms with Crippen LogP contribution in [0.3, 0.4) is 0 Å². The molecule has 3 nitrogen and oxygen atoms in total. The van der Waals surface area contributed by atoms with Gasteiger partial charge in [0.05, 0.1) is 5.54 Å². The number of allylic oxidation sites excluding steroid dienone is 1. The predicted molar refractivity (Wildman–Crippen MR) is 59.9 cm³/mol. The summed E-state index contributed by atoms with van der Waals surface area (Å²) in [5.41, 5.74) is 5.14. The van der Waals surface area contributed by atoms with Crippen molar-refractivity contribution in [3.63, 3.8) is 0 Å². The Morgan fingerprint density at radius 3 is 2.71 bits per heavy atom. The first-order valence-corrected chi connectivity index (χ1v) is 5.23. The lowest BCUT2D eigenvalue weighted by molar-refractivity contribution is -0.126. The first kappa shape index (κ1) is 13.2. The molecule has 0 aromatic carbocycles. The molecule has 82 valence electrons. The molecular weight excluding hydrogens is 176 g/mol. The first-order chi connectivity index (χ1) is 6.54. The van der Waals surface area contributed by atoms with Gasteiger partial charge in [-0.05, 0) is 26.7 Å². The zero-order valence-corrected chi connectivity index (χ0v) is 9.47. The van der Waals surface area contributed by atoms with E-state index in [-0.39, 0.29) is 5.91 Å². The van der Waals surface area contributed by atoms with E-state index in [0.717, 1.165) is 19.3 Å². The molecule has 0 bridgehead atoms. The van der Waals surface area contributed by atoms with Crippen molar-refractivity contribution in [2.75, 3.05) is 6.54 Å². The number of hydrogen-bond donors (Lipinski definition) is 2. The monoisotopic (exact) mass is 198 g/mol. The number of nitrogens with two attached hydrogens (primary N) is 1. The van der Waals surface area contributed by atoms with Crippen LogP contribution in [0.5, 0.6) is 0 Å². The van der Waals surface area contributed by atoms with E-state index in [9.17, 15) is 4.79 Å². The fourth-order valence-corrected chi connectivity index (χ4v) is 1.27. The summed E-state index contributed by atoms with van der Waals surface area (Å²) in [4.78, 5) is 11.6. The van der Waals surface area contributed by atoms with Crippen LogP contribution in [0.1, 0.15) is 40.0 Å². The van der Waals surface area contributed by atoms with Crippen LogP contribution < -0.4 is 11.1 Å². The Balaban J connectivity index is 3.82. The molecule has 3 N–H and O–H groups in total. The third-order valence-corrected chi connectivity index (χ3v) is 2.12. The Kier molecular flexibility index (Phi) is 6.21. The molecule has 0 aliphatic rings. The second-order valence-electron chi connectivity index (χ2n) is 3.78. The van der Waals surface area contributed by atoms with E-state index >= 15 is 0 Å². The van der Waals surface area contributed by atoms with Crippen molar-refractivity contribution in [1.29, 1.82) is 0 Å². The number of carbonyl (C=O) groups excluding carboxylic acids is 1. The van der Waals surface area contributed by atoms with Gasteiger partial charge >= 0.3 is 0 Å². The maximum absolute atomic E-state index is 11.6. The summed E-state index contributed by atoms with van der Waals surface area (Å²) in [5, 5.41) is 2.83. The average molecular weight is 198 g/mol. The van der Waals surface area contributed by atoms with Crippen molar-refractivity contribution >= 4 is 5.91 Å². The molecule has 0 aliphatic heterocycles. The number of carbonyl (C=O) groups is 1. The molecule has 1 amide bonds. The van der Waals surface area contributed by atoms with Crippen molar-refractivity contribution in [2.45, 2.75) is 45.6 Å². The van der Waals surface area contributed by atoms with Crippen molar-refractivity contribution in [2.24, 2.45) is 5.73 Å². The van der Waals surface area contributed by atoms with Gasteiger partial charge in [0.25, 0.3) is 0 Å². The standard InChI is InChI=1S/C11H22N2O/c1-4-6-7-9-13-10(14)11(3,12)8-5-2/h4,6H,5,7-9,12H2,1-3H3,(H,13,14)/b6-4+. The molecule has 0 aliphatic carbocycles. The highest BCUT2D eigenvalue weighted by Gasteiger charge is 2.26. The molecule has 0 saturated carbocycles. The zero-order chi connectivity index (χ0) is 11.0. The molecule has 0 fully saturated rings. The summed E-state index contributed by atoms with van der Waals surface area (Å²) >= 11 is 0. The molecule has 3 heteroatoms. The topological polar surface area (TPSA) is 55.1 Å². The highest BCUT2D eigenvalue weighted by atomic mass is 16.2. The number of rotatable bonds is 6. The minimum atomic E-state index is -0.718. The van der Waals surface area contributed by atoms with Crippen LogP contribution in [-0.4, -0.2) is 18.0 Å². The fraction of sp³-hybridized carbons (Fsp3) is 0.727. The van der Waals surface area contributed by atoms with Gasteiger partial charge in [-0.15, -0.1) is 0 Å². The van der Waals surface area contributed by atoms with Crippen LogP contribution in [0.2, 0.25) is 0 Å². The molecule has 0 rings (SSSR count). The van der Waals surface area contributed by atoms with Gasteiger partial charge in [0.1, 0.15) is 0 Å². The van der Waals surface area contributed by atoms with Crippen molar-refractivity contribution in [3.8, 4) is 0 Å². The minimum Gasteiger partial charge on any atom is -0.354 e. The lowest BCUT2D eigenvalue weighted by Gasteiger charge is -2.22. The van der Waals surface area contributed by atoms with E-state index in [4.69, 9.17) is 5.73 Å². The SMILES string of the molecule is C/C=C/CCNC(=O)C(C)(N)CCC. The maximum atomic E-state index is 11.6. The predicted octanol–water partition coefficient (Wildman–Crippen LogP) is 1.59. The Hall–Kier alpha value is -0.830. The van der Waals surface area contributed by atoms with Crippen LogP contribution >= 0.6 is 0 Å². The van der Waals surface area contributed by atoms with Crippen LogP contribution in [0.25, 0.3) is 0 Å². The van der Waals surface area contributed by atoms with Crippen LogP contribution in [0, 0.1) is 0 Å². The van der Waals surface area contributed by atoms with E-state index in [1.54, 1.807) is 6.92 Å². The Labute approximate surface area is 86.8 Å². The summed E-state index contributed by atoms with van der Waals surface area (Å²) in [6.45, 7) is 6.44. The van der Waals surface area contributed by atoms with Gasteiger partial charge in [-0.25, -0.2) is 0 Å². The fourth-order valence-electron chi connectivity index (χ4n) is 1.27. The largest absolute Gasteiger partial charge is 0.354 e. The lowest BCUT2D eigenvalue weighted by atomic mass is 9.96. The first-order valence-electron chi connectivity index (χ1n) is 5.23. The Morgan fingerprint density at radius 2 is 2.21 bits per heavy atom. The summed E-state index contributed by atoms with van der Waals surface area (Å²) in [6.07, 6.45) is 6.51. The van der Waals surface area contributed by atoms with Gasteiger partial charge in [0.15, 0.2) is 0 Å². The maximum Gasteiger partial charge on any atom is 0.239 e. The number of amides is 1. The lowest BCUT2D eigenvalue weighted by Crippen LogP contribution is -2.51. The zero-order valence-electron chi connectivity index (χ0n) is 9.47. The molecule has 0 aromatic rings. The van der Waals surface area contributed by atoms with Crippen LogP contribution in [0.15, 0.2) is 12.2 Å². The molecule has 1 unspecified atom stereocenters. The van der Waals surface area contributed by atoms with Gasteiger partial charge in [0, 0.05) is 6.54 Å². The molecule has 0 radical (unpaired) electrons. The number of nitrogens with one attached hydrogen (secondary N) is 1. The normalized spacial score (nSPS) is 15.4. The van der Waals surface area contributed by atoms with Crippen LogP contribution in [-0.2, 0) is 4.79 Å². The molecule has 0 heterocycles. The molecule has 0 spiro atoms. The molecule has 14 heavy (non-hydrogen) atoms. The second kappa shape index (κ2) is 6.60. The van der Waals surface area contributed by atoms with Crippen molar-refractivity contribution in [1.82, 2.24) is 5.32 Å². The minimum absolute atomic E-state index is 0.0520. The van der Waals surface area contributed by atoms with Crippen molar-refractivity contribution in [3.05, 3.63) is 12.2 Å². The summed E-state index contributed by atoms with van der Waals surface area (Å²) in [7, 11) is 0. The number of hydrogen-bond acceptors (Lipinski definition) is 2. The van der Waals surface area contributed by atoms with Gasteiger partial charge in [-0.2, -0.15) is 0 Å². The van der Waals surface area contributed by atoms with E-state index in [1.165, 1.54) is 0 Å². The Morgan fingerprint density at radius 1 is 1.57 bits per heavy atom. The third-order valence-electron chi connectivity index (χ3n) is 2.12. The smallest absolute Gasteiger partial charge is 0.239 e. The van der Waals surface area contributed by atoms with E-state index in [2.05, 4.69) is 5.32 Å². The molecule has 1 atom stereocenters. The van der Waals surface area contributed by atoms with Crippen molar-refractivity contribution < 1.29 is 4.79 Å². The highest BCUT2D eigenvalue weighted by Crippen LogP contribution is 2.07. The van der Waals surface area contributed by atoms with Gasteiger partial charge in [-0.1, -0.05) is 25.5 Å². The molecule has 0 aromatic heterocycles. The van der Waals surface area contributed by atoms with E-state index in [0.29, 0.717) is 6.54 Å². The van der Waals surface area contributed by atoms with Gasteiger partial charge < -0.3 is 11.1 Å². The summed E-state index contributed by atoms with van der Waals surface area (Å²) in [6, 6.07) is 0. The van der Waals surface area contributed by atoms with Crippen LogP contribution in [0.4, 0.5) is 0 Å². The second-order valence-corrected chi connectivity index (χ2v) is 3.78. The third kappa shape index (κ3) is 5.02. The van der Waals surface area contributed by atoms with Gasteiger partial charge in [-0.3, -0.25) is 4.79 Å². The molecule has 0 saturated heterocycles. The summed E-state index contributed by atoms with van der Waals surface area (Å²) < 4.78 is 0. The quantitative estimate of drug-likeness (QED) is 0.503.